The average molecular weight is 217 g/mol. The molecule has 15 heavy (non-hydrogen) atoms. The van der Waals surface area contributed by atoms with Crippen LogP contribution in [0.4, 0.5) is 0 Å². The first-order chi connectivity index (χ1) is 7.05. The van der Waals surface area contributed by atoms with Gasteiger partial charge in [-0.3, -0.25) is 0 Å². The molecule has 0 unspecified atom stereocenters. The Morgan fingerprint density at radius 2 is 1.73 bits per heavy atom. The first-order valence-electron chi connectivity index (χ1n) is 5.41. The SMILES string of the molecule is CCOC([B]OC(C)(C)CCO)OCC. The average Bonchev–Trinajstić information content (AvgIpc) is 2.15. The first-order valence-corrected chi connectivity index (χ1v) is 5.41. The predicted octanol–water partition coefficient (Wildman–Crippen LogP) is 1.14. The number of aliphatic hydroxyl groups is 1. The zero-order valence-corrected chi connectivity index (χ0v) is 10.2. The third-order valence-corrected chi connectivity index (χ3v) is 1.87. The summed E-state index contributed by atoms with van der Waals surface area (Å²) in [4.78, 5) is 0. The van der Waals surface area contributed by atoms with Crippen LogP contribution in [-0.2, 0) is 14.1 Å². The lowest BCUT2D eigenvalue weighted by molar-refractivity contribution is -0.0956. The molecule has 4 nitrogen and oxygen atoms in total. The molecule has 0 saturated carbocycles. The topological polar surface area (TPSA) is 47.9 Å². The largest absolute Gasteiger partial charge is 0.430 e. The summed E-state index contributed by atoms with van der Waals surface area (Å²) in [6, 6.07) is 0. The van der Waals surface area contributed by atoms with Crippen LogP contribution in [-0.4, -0.2) is 44.2 Å². The van der Waals surface area contributed by atoms with Crippen molar-refractivity contribution in [3.8, 4) is 0 Å². The molecule has 0 aromatic carbocycles. The Labute approximate surface area is 93.2 Å². The lowest BCUT2D eigenvalue weighted by Crippen LogP contribution is -2.35. The van der Waals surface area contributed by atoms with E-state index in [4.69, 9.17) is 19.2 Å². The van der Waals surface area contributed by atoms with Crippen molar-refractivity contribution < 1.29 is 19.2 Å². The highest BCUT2D eigenvalue weighted by Gasteiger charge is 2.21. The molecule has 1 N–H and O–H groups in total. The lowest BCUT2D eigenvalue weighted by atomic mass is 9.95. The summed E-state index contributed by atoms with van der Waals surface area (Å²) in [5, 5.41) is 8.82. The molecule has 0 aromatic heterocycles. The van der Waals surface area contributed by atoms with Gasteiger partial charge >= 0.3 is 7.48 Å². The molecule has 0 spiro atoms. The van der Waals surface area contributed by atoms with Crippen molar-refractivity contribution >= 4 is 7.48 Å². The maximum atomic E-state index is 8.82. The third kappa shape index (κ3) is 7.79. The van der Waals surface area contributed by atoms with Gasteiger partial charge in [0.05, 0.1) is 0 Å². The molecule has 0 aliphatic rings. The van der Waals surface area contributed by atoms with Crippen LogP contribution >= 0.6 is 0 Å². The fourth-order valence-electron chi connectivity index (χ4n) is 1.02. The Hall–Kier alpha value is -0.0951. The number of ether oxygens (including phenoxy) is 2. The van der Waals surface area contributed by atoms with E-state index in [9.17, 15) is 0 Å². The van der Waals surface area contributed by atoms with E-state index in [0.717, 1.165) is 0 Å². The number of rotatable bonds is 9. The molecule has 0 fully saturated rings. The molecule has 0 heterocycles. The van der Waals surface area contributed by atoms with Crippen LogP contribution in [0.3, 0.4) is 0 Å². The smallest absolute Gasteiger partial charge is 0.361 e. The molecule has 0 bridgehead atoms. The molecule has 0 atom stereocenters. The molecular weight excluding hydrogens is 195 g/mol. The Kier molecular flexibility index (Phi) is 8.05. The van der Waals surface area contributed by atoms with E-state index in [1.54, 1.807) is 7.48 Å². The third-order valence-electron chi connectivity index (χ3n) is 1.87. The second kappa shape index (κ2) is 8.10. The van der Waals surface area contributed by atoms with Gasteiger partial charge < -0.3 is 19.2 Å². The zero-order valence-electron chi connectivity index (χ0n) is 10.2. The van der Waals surface area contributed by atoms with Crippen molar-refractivity contribution in [2.75, 3.05) is 19.8 Å². The van der Waals surface area contributed by atoms with E-state index < -0.39 is 6.19 Å². The van der Waals surface area contributed by atoms with Crippen molar-refractivity contribution in [2.24, 2.45) is 0 Å². The van der Waals surface area contributed by atoms with Gasteiger partial charge in [0.1, 0.15) is 0 Å². The summed E-state index contributed by atoms with van der Waals surface area (Å²) in [6.45, 7) is 8.88. The van der Waals surface area contributed by atoms with Crippen LogP contribution in [0.1, 0.15) is 34.1 Å². The molecule has 0 rings (SSSR count). The molecule has 1 radical (unpaired) electrons. The van der Waals surface area contributed by atoms with E-state index in [2.05, 4.69) is 0 Å². The van der Waals surface area contributed by atoms with Crippen molar-refractivity contribution in [1.29, 1.82) is 0 Å². The second-order valence-electron chi connectivity index (χ2n) is 3.77. The molecule has 0 amide bonds. The maximum absolute atomic E-state index is 8.82. The fourth-order valence-corrected chi connectivity index (χ4v) is 1.02. The summed E-state index contributed by atoms with van der Waals surface area (Å²) in [7, 11) is 1.54. The van der Waals surface area contributed by atoms with Crippen molar-refractivity contribution in [3.05, 3.63) is 0 Å². The van der Waals surface area contributed by atoms with Gasteiger partial charge in [-0.15, -0.1) is 0 Å². The molecule has 0 aliphatic carbocycles. The van der Waals surface area contributed by atoms with Crippen LogP contribution < -0.4 is 0 Å². The van der Waals surface area contributed by atoms with Gasteiger partial charge in [0.25, 0.3) is 0 Å². The number of aliphatic hydroxyl groups excluding tert-OH is 1. The number of hydrogen-bond donors (Lipinski definition) is 1. The highest BCUT2D eigenvalue weighted by Crippen LogP contribution is 2.13. The highest BCUT2D eigenvalue weighted by molar-refractivity contribution is 6.28. The predicted molar refractivity (Wildman–Crippen MR) is 59.7 cm³/mol. The van der Waals surface area contributed by atoms with Gasteiger partial charge in [-0.1, -0.05) is 0 Å². The Morgan fingerprint density at radius 1 is 1.20 bits per heavy atom. The first kappa shape index (κ1) is 14.9. The summed E-state index contributed by atoms with van der Waals surface area (Å²) in [6.07, 6.45) is 0.145. The molecule has 0 aromatic rings. The van der Waals surface area contributed by atoms with Crippen LogP contribution in [0.5, 0.6) is 0 Å². The maximum Gasteiger partial charge on any atom is 0.361 e. The molecule has 89 valence electrons. The van der Waals surface area contributed by atoms with Gasteiger partial charge in [-0.25, -0.2) is 0 Å². The molecule has 0 aliphatic heterocycles. The van der Waals surface area contributed by atoms with Gasteiger partial charge in [-0.2, -0.15) is 0 Å². The normalized spacial score (nSPS) is 12.1. The lowest BCUT2D eigenvalue weighted by Gasteiger charge is -2.27. The van der Waals surface area contributed by atoms with Gasteiger partial charge in [-0.05, 0) is 34.1 Å². The Balaban J connectivity index is 3.85. The zero-order chi connectivity index (χ0) is 11.7. The van der Waals surface area contributed by atoms with E-state index in [-0.39, 0.29) is 12.2 Å². The van der Waals surface area contributed by atoms with E-state index >= 15 is 0 Å². The van der Waals surface area contributed by atoms with Crippen LogP contribution in [0.15, 0.2) is 0 Å². The van der Waals surface area contributed by atoms with E-state index in [0.29, 0.717) is 19.6 Å². The van der Waals surface area contributed by atoms with Crippen molar-refractivity contribution in [3.63, 3.8) is 0 Å². The van der Waals surface area contributed by atoms with Crippen LogP contribution in [0.25, 0.3) is 0 Å². The van der Waals surface area contributed by atoms with Gasteiger partial charge in [0, 0.05) is 25.4 Å². The molecular formula is C10H22BO4. The summed E-state index contributed by atoms with van der Waals surface area (Å²) < 4.78 is 16.1. The summed E-state index contributed by atoms with van der Waals surface area (Å²) >= 11 is 0. The minimum absolute atomic E-state index is 0.106. The van der Waals surface area contributed by atoms with Gasteiger partial charge in [0.15, 0.2) is 6.19 Å². The standard InChI is InChI=1S/C10H22BO4/c1-5-13-9(14-6-2)11-15-10(3,4)7-8-12/h9,12H,5-8H2,1-4H3. The van der Waals surface area contributed by atoms with Gasteiger partial charge in [0.2, 0.25) is 0 Å². The van der Waals surface area contributed by atoms with Crippen LogP contribution in [0, 0.1) is 0 Å². The highest BCUT2D eigenvalue weighted by atomic mass is 16.7. The Bertz CT molecular complexity index is 146. The van der Waals surface area contributed by atoms with Crippen molar-refractivity contribution in [2.45, 2.75) is 45.9 Å². The monoisotopic (exact) mass is 217 g/mol. The fraction of sp³-hybridized carbons (Fsp3) is 1.00. The summed E-state index contributed by atoms with van der Waals surface area (Å²) in [5.74, 6) is 0. The second-order valence-corrected chi connectivity index (χ2v) is 3.77. The quantitative estimate of drug-likeness (QED) is 0.464. The molecule has 5 heteroatoms. The molecule has 0 saturated heterocycles. The van der Waals surface area contributed by atoms with Crippen LogP contribution in [0.2, 0.25) is 0 Å². The minimum atomic E-state index is -0.432. The van der Waals surface area contributed by atoms with E-state index in [1.165, 1.54) is 0 Å². The Morgan fingerprint density at radius 3 is 2.13 bits per heavy atom. The number of hydrogen-bond acceptors (Lipinski definition) is 4. The summed E-state index contributed by atoms with van der Waals surface area (Å²) in [5.41, 5.74) is -0.388. The van der Waals surface area contributed by atoms with E-state index in [1.807, 2.05) is 27.7 Å². The van der Waals surface area contributed by atoms with Crippen molar-refractivity contribution in [1.82, 2.24) is 0 Å². The minimum Gasteiger partial charge on any atom is -0.430 e.